The van der Waals surface area contributed by atoms with Gasteiger partial charge in [0.05, 0.1) is 0 Å². The van der Waals surface area contributed by atoms with Crippen molar-refractivity contribution in [3.05, 3.63) is 39.8 Å². The fourth-order valence-corrected chi connectivity index (χ4v) is 1.01. The molecule has 0 saturated carbocycles. The maximum atomic E-state index is 9.95. The molecule has 68 valence electrons. The van der Waals surface area contributed by atoms with Crippen molar-refractivity contribution in [2.24, 2.45) is 10.3 Å². The first kappa shape index (κ1) is 9.67. The molecule has 13 heavy (non-hydrogen) atoms. The lowest BCUT2D eigenvalue weighted by molar-refractivity contribution is 0.318. The van der Waals surface area contributed by atoms with Gasteiger partial charge in [-0.2, -0.15) is 4.91 Å². The predicted octanol–water partition coefficient (Wildman–Crippen LogP) is 2.28. The Morgan fingerprint density at radius 3 is 2.46 bits per heavy atom. The van der Waals surface area contributed by atoms with Gasteiger partial charge in [0.2, 0.25) is 0 Å². The van der Waals surface area contributed by atoms with E-state index in [1.54, 1.807) is 24.3 Å². The van der Waals surface area contributed by atoms with Crippen LogP contribution in [-0.4, -0.2) is 17.5 Å². The molecular weight excluding hydrogens is 192 g/mol. The van der Waals surface area contributed by atoms with Crippen molar-refractivity contribution in [1.29, 1.82) is 0 Å². The molecule has 0 amide bonds. The van der Waals surface area contributed by atoms with Crippen LogP contribution in [0.4, 0.5) is 0 Å². The quantitative estimate of drug-likeness (QED) is 0.351. The molecule has 1 aromatic carbocycles. The lowest BCUT2D eigenvalue weighted by Crippen LogP contribution is -2.04. The summed E-state index contributed by atoms with van der Waals surface area (Å²) in [6, 6.07) is 6.60. The van der Waals surface area contributed by atoms with Gasteiger partial charge in [0.25, 0.3) is 0 Å². The smallest absolute Gasteiger partial charge is 0.127 e. The average molecular weight is 199 g/mol. The van der Waals surface area contributed by atoms with Crippen LogP contribution in [0, 0.1) is 4.91 Å². The molecule has 1 N–H and O–H groups in total. The van der Waals surface area contributed by atoms with Crippen molar-refractivity contribution < 1.29 is 5.21 Å². The summed E-state index contributed by atoms with van der Waals surface area (Å²) in [6.45, 7) is -0.155. The summed E-state index contributed by atoms with van der Waals surface area (Å²) in [5.41, 5.74) is 0.859. The first-order chi connectivity index (χ1) is 6.27. The second-order valence-corrected chi connectivity index (χ2v) is 2.78. The highest BCUT2D eigenvalue weighted by Gasteiger charge is 2.03. The molecule has 5 heteroatoms. The molecule has 0 atom stereocenters. The van der Waals surface area contributed by atoms with Gasteiger partial charge in [-0.1, -0.05) is 34.1 Å². The van der Waals surface area contributed by atoms with Crippen LogP contribution < -0.4 is 0 Å². The Morgan fingerprint density at radius 1 is 1.38 bits per heavy atom. The van der Waals surface area contributed by atoms with E-state index in [2.05, 4.69) is 10.3 Å². The second-order valence-electron chi connectivity index (χ2n) is 2.34. The highest BCUT2D eigenvalue weighted by Crippen LogP contribution is 2.10. The zero-order valence-corrected chi connectivity index (χ0v) is 7.40. The highest BCUT2D eigenvalue weighted by molar-refractivity contribution is 6.30. The normalized spacial score (nSPS) is 11.3. The van der Waals surface area contributed by atoms with E-state index in [0.717, 1.165) is 0 Å². The van der Waals surface area contributed by atoms with Crippen LogP contribution in [0.3, 0.4) is 0 Å². The van der Waals surface area contributed by atoms with Gasteiger partial charge in [0, 0.05) is 10.6 Å². The second kappa shape index (κ2) is 4.57. The van der Waals surface area contributed by atoms with Crippen LogP contribution in [0.2, 0.25) is 5.02 Å². The molecule has 0 aliphatic carbocycles. The van der Waals surface area contributed by atoms with Crippen molar-refractivity contribution in [3.63, 3.8) is 0 Å². The van der Waals surface area contributed by atoms with Gasteiger partial charge in [-0.15, -0.1) is 0 Å². The first-order valence-electron chi connectivity index (χ1n) is 3.54. The number of benzene rings is 1. The van der Waals surface area contributed by atoms with Crippen LogP contribution in [0.25, 0.3) is 0 Å². The third-order valence-corrected chi connectivity index (χ3v) is 1.76. The molecule has 0 aromatic heterocycles. The molecule has 4 nitrogen and oxygen atoms in total. The van der Waals surface area contributed by atoms with Gasteiger partial charge < -0.3 is 5.21 Å². The molecule has 0 unspecified atom stereocenters. The number of nitroso groups, excluding NO2 is 1. The van der Waals surface area contributed by atoms with Crippen LogP contribution in [0.5, 0.6) is 0 Å². The molecule has 0 bridgehead atoms. The summed E-state index contributed by atoms with van der Waals surface area (Å²) in [5.74, 6) is 0. The van der Waals surface area contributed by atoms with Crippen LogP contribution in [-0.2, 0) is 0 Å². The van der Waals surface area contributed by atoms with E-state index in [0.29, 0.717) is 10.6 Å². The lowest BCUT2D eigenvalue weighted by atomic mass is 10.1. The monoisotopic (exact) mass is 198 g/mol. The van der Waals surface area contributed by atoms with Gasteiger partial charge in [-0.3, -0.25) is 0 Å². The Balaban J connectivity index is 2.92. The van der Waals surface area contributed by atoms with E-state index in [9.17, 15) is 4.91 Å². The third kappa shape index (κ3) is 2.52. The van der Waals surface area contributed by atoms with E-state index < -0.39 is 0 Å². The Hall–Kier alpha value is -1.42. The highest BCUT2D eigenvalue weighted by atomic mass is 35.5. The molecule has 0 aliphatic heterocycles. The number of oxime groups is 1. The molecule has 0 aliphatic rings. The third-order valence-electron chi connectivity index (χ3n) is 1.51. The molecule has 0 radical (unpaired) electrons. The maximum Gasteiger partial charge on any atom is 0.127 e. The Morgan fingerprint density at radius 2 is 2.00 bits per heavy atom. The van der Waals surface area contributed by atoms with E-state index in [4.69, 9.17) is 16.8 Å². The topological polar surface area (TPSA) is 62.0 Å². The van der Waals surface area contributed by atoms with Crippen LogP contribution >= 0.6 is 11.6 Å². The number of hydrogen-bond acceptors (Lipinski definition) is 4. The van der Waals surface area contributed by atoms with E-state index >= 15 is 0 Å². The van der Waals surface area contributed by atoms with Crippen molar-refractivity contribution in [3.8, 4) is 0 Å². The summed E-state index contributed by atoms with van der Waals surface area (Å²) >= 11 is 5.65. The van der Waals surface area contributed by atoms with Crippen LogP contribution in [0.15, 0.2) is 34.6 Å². The average Bonchev–Trinajstić information content (AvgIpc) is 2.16. The number of hydrogen-bond donors (Lipinski definition) is 1. The minimum atomic E-state index is -0.155. The van der Waals surface area contributed by atoms with Gasteiger partial charge >= 0.3 is 0 Å². The Bertz CT molecular complexity index is 321. The van der Waals surface area contributed by atoms with Crippen LogP contribution in [0.1, 0.15) is 5.56 Å². The molecule has 1 rings (SSSR count). The molecule has 0 fully saturated rings. The molecule has 0 spiro atoms. The van der Waals surface area contributed by atoms with E-state index in [1.165, 1.54) is 0 Å². The number of halogens is 1. The van der Waals surface area contributed by atoms with Gasteiger partial charge in [0.1, 0.15) is 12.3 Å². The minimum absolute atomic E-state index is 0.155. The zero-order chi connectivity index (χ0) is 9.68. The van der Waals surface area contributed by atoms with Crippen molar-refractivity contribution in [2.45, 2.75) is 0 Å². The van der Waals surface area contributed by atoms with Gasteiger partial charge in [0.15, 0.2) is 0 Å². The zero-order valence-electron chi connectivity index (χ0n) is 6.64. The largest absolute Gasteiger partial charge is 0.411 e. The van der Waals surface area contributed by atoms with Gasteiger partial charge in [-0.05, 0) is 12.1 Å². The number of nitrogens with zero attached hydrogens (tertiary/aromatic N) is 2. The summed E-state index contributed by atoms with van der Waals surface area (Å²) in [5, 5.41) is 14.7. The summed E-state index contributed by atoms with van der Waals surface area (Å²) in [7, 11) is 0. The Kier molecular flexibility index (Phi) is 3.40. The Labute approximate surface area is 79.8 Å². The molecular formula is C8H7ClN2O2. The van der Waals surface area contributed by atoms with E-state index in [1.807, 2.05) is 0 Å². The SMILES string of the molecule is O=NC/C(=N\O)c1ccc(Cl)cc1. The number of rotatable bonds is 3. The minimum Gasteiger partial charge on any atom is -0.411 e. The fraction of sp³-hybridized carbons (Fsp3) is 0.125. The fourth-order valence-electron chi connectivity index (χ4n) is 0.884. The first-order valence-corrected chi connectivity index (χ1v) is 3.91. The van der Waals surface area contributed by atoms with Crippen molar-refractivity contribution in [2.75, 3.05) is 6.54 Å². The summed E-state index contributed by atoms with van der Waals surface area (Å²) in [6.07, 6.45) is 0. The van der Waals surface area contributed by atoms with E-state index in [-0.39, 0.29) is 12.3 Å². The molecule has 1 aromatic rings. The summed E-state index contributed by atoms with van der Waals surface area (Å²) < 4.78 is 0. The maximum absolute atomic E-state index is 9.95. The van der Waals surface area contributed by atoms with Crippen molar-refractivity contribution >= 4 is 17.3 Å². The lowest BCUT2D eigenvalue weighted by Gasteiger charge is -1.98. The van der Waals surface area contributed by atoms with Crippen molar-refractivity contribution in [1.82, 2.24) is 0 Å². The predicted molar refractivity (Wildman–Crippen MR) is 50.4 cm³/mol. The molecule has 0 heterocycles. The standard InChI is InChI=1S/C8H7ClN2O2/c9-7-3-1-6(2-4-7)8(11-13)5-10-12/h1-4,13H,5H2/b11-8+. The van der Waals surface area contributed by atoms with Gasteiger partial charge in [-0.25, -0.2) is 0 Å². The molecule has 0 saturated heterocycles. The summed E-state index contributed by atoms with van der Waals surface area (Å²) in [4.78, 5) is 9.95.